The molecule has 2 fully saturated rings. The van der Waals surface area contributed by atoms with Crippen LogP contribution in [0.1, 0.15) is 54.5 Å². The van der Waals surface area contributed by atoms with E-state index in [2.05, 4.69) is 31.3 Å². The number of aliphatic hydroxyl groups is 1. The van der Waals surface area contributed by atoms with Gasteiger partial charge >= 0.3 is 0 Å². The normalized spacial score (nSPS) is 14.8. The summed E-state index contributed by atoms with van der Waals surface area (Å²) in [7, 11) is 0. The lowest BCUT2D eigenvalue weighted by molar-refractivity contribution is 0.281. The van der Waals surface area contributed by atoms with E-state index in [0.29, 0.717) is 34.3 Å². The summed E-state index contributed by atoms with van der Waals surface area (Å²) in [5, 5.41) is 23.4. The number of halogens is 1. The van der Waals surface area contributed by atoms with Crippen molar-refractivity contribution < 1.29 is 9.50 Å². The number of nitriles is 1. The predicted octanol–water partition coefficient (Wildman–Crippen LogP) is 4.08. The molecular formula is C29H24FN9O2. The van der Waals surface area contributed by atoms with E-state index < -0.39 is 18.0 Å². The van der Waals surface area contributed by atoms with E-state index in [0.717, 1.165) is 31.2 Å². The fourth-order valence-electron chi connectivity index (χ4n) is 5.21. The van der Waals surface area contributed by atoms with Gasteiger partial charge in [0.1, 0.15) is 23.4 Å². The van der Waals surface area contributed by atoms with Crippen LogP contribution < -0.4 is 16.6 Å². The van der Waals surface area contributed by atoms with Crippen LogP contribution in [0.3, 0.4) is 0 Å². The van der Waals surface area contributed by atoms with Crippen molar-refractivity contribution in [1.82, 2.24) is 29.1 Å². The molecule has 0 bridgehead atoms. The van der Waals surface area contributed by atoms with Crippen molar-refractivity contribution in [3.8, 4) is 23.3 Å². The minimum atomic E-state index is -0.590. The maximum absolute atomic E-state index is 15.1. The summed E-state index contributed by atoms with van der Waals surface area (Å²) in [5.74, 6) is 0.0953. The first kappa shape index (κ1) is 24.9. The number of benzene rings is 1. The average molecular weight is 550 g/mol. The van der Waals surface area contributed by atoms with Crippen molar-refractivity contribution in [3.05, 3.63) is 81.9 Å². The van der Waals surface area contributed by atoms with Gasteiger partial charge in [0.15, 0.2) is 5.82 Å². The third-order valence-electron chi connectivity index (χ3n) is 7.50. The highest BCUT2D eigenvalue weighted by molar-refractivity contribution is 5.83. The number of nitrogen functional groups attached to an aromatic ring is 1. The highest BCUT2D eigenvalue weighted by atomic mass is 19.1. The molecule has 204 valence electrons. The number of rotatable bonds is 7. The second-order valence-corrected chi connectivity index (χ2v) is 10.4. The molecule has 0 aliphatic heterocycles. The molecule has 41 heavy (non-hydrogen) atoms. The molecule has 2 aliphatic carbocycles. The highest BCUT2D eigenvalue weighted by Gasteiger charge is 2.27. The largest absolute Gasteiger partial charge is 0.392 e. The van der Waals surface area contributed by atoms with Crippen LogP contribution in [0.5, 0.6) is 0 Å². The number of hydrogen-bond donors (Lipinski definition) is 3. The summed E-state index contributed by atoms with van der Waals surface area (Å²) >= 11 is 0. The first-order chi connectivity index (χ1) is 19.9. The molecule has 0 spiro atoms. The molecule has 11 nitrogen and oxygen atoms in total. The quantitative estimate of drug-likeness (QED) is 0.272. The first-order valence-corrected chi connectivity index (χ1v) is 13.3. The van der Waals surface area contributed by atoms with Crippen molar-refractivity contribution in [1.29, 1.82) is 5.26 Å². The van der Waals surface area contributed by atoms with E-state index in [1.165, 1.54) is 23.0 Å². The van der Waals surface area contributed by atoms with Gasteiger partial charge in [-0.15, -0.1) is 0 Å². The average Bonchev–Trinajstić information content (AvgIpc) is 3.90. The smallest absolute Gasteiger partial charge is 0.267 e. The zero-order valence-electron chi connectivity index (χ0n) is 21.8. The molecular weight excluding hydrogens is 525 g/mol. The molecule has 4 aromatic heterocycles. The van der Waals surface area contributed by atoms with Crippen LogP contribution in [0.2, 0.25) is 0 Å². The van der Waals surface area contributed by atoms with E-state index in [1.54, 1.807) is 18.2 Å². The van der Waals surface area contributed by atoms with Crippen LogP contribution in [0.25, 0.3) is 28.0 Å². The number of fused-ring (bicyclic) bond motifs is 1. The van der Waals surface area contributed by atoms with Gasteiger partial charge in [-0.2, -0.15) is 20.2 Å². The van der Waals surface area contributed by atoms with Crippen LogP contribution in [0, 0.1) is 17.1 Å². The van der Waals surface area contributed by atoms with Crippen molar-refractivity contribution in [2.24, 2.45) is 0 Å². The number of aliphatic hydroxyl groups excluding tert-OH is 1. The third kappa shape index (κ3) is 4.46. The van der Waals surface area contributed by atoms with E-state index in [-0.39, 0.29) is 34.5 Å². The third-order valence-corrected chi connectivity index (χ3v) is 7.50. The van der Waals surface area contributed by atoms with Crippen LogP contribution in [0.15, 0.2) is 53.7 Å². The SMILES string of the molecule is N#Cc1cc(Nc2nc(N)nc(-c3ccnc(-n4ccc5cc(C6CC6)cc(F)c5c4=O)c3CO)n2)cn1C1CC1. The van der Waals surface area contributed by atoms with Crippen LogP contribution in [-0.4, -0.2) is 34.2 Å². The number of nitrogens with two attached hydrogens (primary N) is 1. The Hall–Kier alpha value is -5.15. The van der Waals surface area contributed by atoms with E-state index in [1.807, 2.05) is 16.8 Å². The standard InChI is InChI=1S/C29H24FN9O2/c30-23-10-17(15-1-2-15)9-16-6-8-38(27(41)24(16)23)26-22(14-40)21(5-7-33-26)25-35-28(32)37-29(36-25)34-18-11-20(12-31)39(13-18)19-3-4-19/h5-11,13,15,19,40H,1-4,14H2,(H3,32,34,35,36,37). The van der Waals surface area contributed by atoms with Gasteiger partial charge in [0.05, 0.1) is 17.7 Å². The van der Waals surface area contributed by atoms with Gasteiger partial charge in [0, 0.05) is 35.8 Å². The van der Waals surface area contributed by atoms with Gasteiger partial charge in [-0.05, 0) is 66.8 Å². The Kier molecular flexibility index (Phi) is 5.76. The van der Waals surface area contributed by atoms with E-state index in [9.17, 15) is 15.2 Å². The molecule has 1 aromatic carbocycles. The number of aromatic nitrogens is 6. The lowest BCUT2D eigenvalue weighted by Gasteiger charge is -2.15. The van der Waals surface area contributed by atoms with E-state index in [4.69, 9.17) is 5.73 Å². The summed E-state index contributed by atoms with van der Waals surface area (Å²) in [6, 6.07) is 10.8. The Morgan fingerprint density at radius 2 is 1.98 bits per heavy atom. The topological polar surface area (TPSA) is 161 Å². The molecule has 0 radical (unpaired) electrons. The number of hydrogen-bond acceptors (Lipinski definition) is 9. The molecule has 4 N–H and O–H groups in total. The van der Waals surface area contributed by atoms with Crippen LogP contribution in [-0.2, 0) is 6.61 Å². The van der Waals surface area contributed by atoms with Gasteiger partial charge in [0.2, 0.25) is 11.9 Å². The van der Waals surface area contributed by atoms with Crippen molar-refractivity contribution in [3.63, 3.8) is 0 Å². The minimum Gasteiger partial charge on any atom is -0.392 e. The molecule has 7 rings (SSSR count). The molecule has 0 saturated heterocycles. The Balaban J connectivity index is 1.29. The fourth-order valence-corrected chi connectivity index (χ4v) is 5.21. The van der Waals surface area contributed by atoms with Crippen LogP contribution >= 0.6 is 0 Å². The lowest BCUT2D eigenvalue weighted by Crippen LogP contribution is -2.21. The van der Waals surface area contributed by atoms with Crippen molar-refractivity contribution in [2.45, 2.75) is 44.2 Å². The summed E-state index contributed by atoms with van der Waals surface area (Å²) in [5.41, 5.74) is 8.10. The number of nitrogens with one attached hydrogen (secondary N) is 1. The van der Waals surface area contributed by atoms with Crippen LogP contribution in [0.4, 0.5) is 22.0 Å². The molecule has 2 aliphatic rings. The number of pyridine rings is 2. The second kappa shape index (κ2) is 9.50. The highest BCUT2D eigenvalue weighted by Crippen LogP contribution is 2.41. The van der Waals surface area contributed by atoms with Gasteiger partial charge < -0.3 is 20.7 Å². The molecule has 0 amide bonds. The monoisotopic (exact) mass is 549 g/mol. The van der Waals surface area contributed by atoms with Gasteiger partial charge in [0.25, 0.3) is 5.56 Å². The summed E-state index contributed by atoms with van der Waals surface area (Å²) in [6.45, 7) is -0.504. The Labute approximate surface area is 232 Å². The zero-order valence-corrected chi connectivity index (χ0v) is 21.8. The van der Waals surface area contributed by atoms with Gasteiger partial charge in [-0.3, -0.25) is 9.36 Å². The van der Waals surface area contributed by atoms with Crippen molar-refractivity contribution >= 4 is 28.4 Å². The summed E-state index contributed by atoms with van der Waals surface area (Å²) < 4.78 is 18.3. The Morgan fingerprint density at radius 3 is 2.71 bits per heavy atom. The lowest BCUT2D eigenvalue weighted by atomic mass is 10.0. The first-order valence-electron chi connectivity index (χ1n) is 13.3. The minimum absolute atomic E-state index is 0.0428. The Bertz CT molecular complexity index is 1950. The zero-order chi connectivity index (χ0) is 28.2. The number of anilines is 3. The molecule has 0 atom stereocenters. The van der Waals surface area contributed by atoms with E-state index >= 15 is 4.39 Å². The Morgan fingerprint density at radius 1 is 1.15 bits per heavy atom. The predicted molar refractivity (Wildman–Crippen MR) is 149 cm³/mol. The second-order valence-electron chi connectivity index (χ2n) is 10.4. The van der Waals surface area contributed by atoms with Gasteiger partial charge in [-0.1, -0.05) is 6.07 Å². The maximum atomic E-state index is 15.1. The molecule has 2 saturated carbocycles. The molecule has 4 heterocycles. The maximum Gasteiger partial charge on any atom is 0.267 e. The fraction of sp³-hybridized carbons (Fsp3) is 0.241. The van der Waals surface area contributed by atoms with Crippen molar-refractivity contribution in [2.75, 3.05) is 11.1 Å². The summed E-state index contributed by atoms with van der Waals surface area (Å²) in [6.07, 6.45) is 8.89. The molecule has 12 heteroatoms. The molecule has 5 aromatic rings. The number of nitrogens with zero attached hydrogens (tertiary/aromatic N) is 7. The van der Waals surface area contributed by atoms with Gasteiger partial charge in [-0.25, -0.2) is 9.37 Å². The molecule has 0 unspecified atom stereocenters. The summed E-state index contributed by atoms with van der Waals surface area (Å²) in [4.78, 5) is 30.8.